The van der Waals surface area contributed by atoms with Gasteiger partial charge >= 0.3 is 0 Å². The smallest absolute Gasteiger partial charge is 0.298 e. The minimum absolute atomic E-state index is 0.261. The number of carbonyl (C=O) groups is 2. The molecule has 0 bridgehead atoms. The highest BCUT2D eigenvalue weighted by molar-refractivity contribution is 6.07. The van der Waals surface area contributed by atoms with Gasteiger partial charge in [-0.2, -0.15) is 0 Å². The van der Waals surface area contributed by atoms with Crippen LogP contribution in [0.25, 0.3) is 0 Å². The van der Waals surface area contributed by atoms with Crippen LogP contribution in [-0.4, -0.2) is 32.9 Å². The summed E-state index contributed by atoms with van der Waals surface area (Å²) in [6.07, 6.45) is 0. The van der Waals surface area contributed by atoms with Crippen molar-refractivity contribution in [2.45, 2.75) is 41.5 Å². The zero-order valence-electron chi connectivity index (χ0n) is 12.1. The van der Waals surface area contributed by atoms with E-state index in [4.69, 9.17) is 8.85 Å². The van der Waals surface area contributed by atoms with E-state index < -0.39 is 16.2 Å². The number of hydrogen-bond donors (Lipinski definition) is 0. The summed E-state index contributed by atoms with van der Waals surface area (Å²) in [6.45, 7) is 11.1. The molecule has 100 valence electrons. The number of carbonyl (C=O) groups excluding carboxylic acids is 2. The highest BCUT2D eigenvalue weighted by Gasteiger charge is 2.56. The van der Waals surface area contributed by atoms with E-state index in [0.717, 1.165) is 0 Å². The lowest BCUT2D eigenvalue weighted by atomic mass is 9.55. The van der Waals surface area contributed by atoms with Gasteiger partial charge in [-0.3, -0.25) is 9.59 Å². The Labute approximate surface area is 110 Å². The molecule has 0 aromatic heterocycles. The van der Waals surface area contributed by atoms with E-state index in [1.54, 1.807) is 0 Å². The van der Waals surface area contributed by atoms with Gasteiger partial charge in [-0.15, -0.1) is 0 Å². The maximum Gasteiger partial charge on any atom is 0.298 e. The van der Waals surface area contributed by atoms with Crippen molar-refractivity contribution < 1.29 is 18.4 Å². The Morgan fingerprint density at radius 3 is 1.18 bits per heavy atom. The van der Waals surface area contributed by atoms with Gasteiger partial charge in [0.05, 0.1) is 10.8 Å². The molecule has 6 heteroatoms. The van der Waals surface area contributed by atoms with Gasteiger partial charge in [-0.25, -0.2) is 0 Å². The van der Waals surface area contributed by atoms with Gasteiger partial charge < -0.3 is 8.85 Å². The molecule has 0 aliphatic rings. The Bertz CT molecular complexity index is 291. The van der Waals surface area contributed by atoms with Crippen LogP contribution < -0.4 is 0 Å². The molecule has 0 fully saturated rings. The molecule has 0 saturated carbocycles. The maximum absolute atomic E-state index is 11.9. The van der Waals surface area contributed by atoms with Crippen molar-refractivity contribution in [2.75, 3.05) is 0 Å². The zero-order valence-corrected chi connectivity index (χ0v) is 16.1. The van der Waals surface area contributed by atoms with Crippen LogP contribution in [0.15, 0.2) is 0 Å². The predicted molar refractivity (Wildman–Crippen MR) is 73.4 cm³/mol. The van der Waals surface area contributed by atoms with Gasteiger partial charge in [0, 0.05) is 0 Å². The lowest BCUT2D eigenvalue weighted by Crippen LogP contribution is -2.52. The van der Waals surface area contributed by atoms with Crippen molar-refractivity contribution in [1.82, 2.24) is 0 Å². The maximum atomic E-state index is 11.9. The Morgan fingerprint density at radius 2 is 1.00 bits per heavy atom. The highest BCUT2D eigenvalue weighted by atomic mass is 28.2. The van der Waals surface area contributed by atoms with Crippen molar-refractivity contribution in [3.8, 4) is 0 Å². The van der Waals surface area contributed by atoms with Crippen LogP contribution in [0.3, 0.4) is 0 Å². The van der Waals surface area contributed by atoms with Crippen molar-refractivity contribution in [3.05, 3.63) is 0 Å². The number of hydrogen-bond acceptors (Lipinski definition) is 4. The molecule has 17 heavy (non-hydrogen) atoms. The monoisotopic (exact) mass is 276 g/mol. The molecule has 0 aromatic rings. The second-order valence-corrected chi connectivity index (χ2v) is 6.67. The average molecular weight is 276 g/mol. The van der Waals surface area contributed by atoms with Crippen molar-refractivity contribution >= 4 is 32.9 Å². The first-order valence-corrected chi connectivity index (χ1v) is 7.27. The Morgan fingerprint density at radius 1 is 0.765 bits per heavy atom. The second-order valence-electron chi connectivity index (χ2n) is 5.86. The normalized spacial score (nSPS) is 13.5. The summed E-state index contributed by atoms with van der Waals surface area (Å²) in [7, 11) is 0.725. The van der Waals surface area contributed by atoms with E-state index in [1.165, 1.54) is 0 Å². The summed E-state index contributed by atoms with van der Waals surface area (Å²) < 4.78 is 9.93. The molecule has 0 aliphatic heterocycles. The first kappa shape index (κ1) is 16.4. The zero-order chi connectivity index (χ0) is 14.1. The van der Waals surface area contributed by atoms with E-state index in [1.807, 2.05) is 41.5 Å². The van der Waals surface area contributed by atoms with Crippen LogP contribution in [0.1, 0.15) is 41.5 Å². The molecule has 0 atom stereocenters. The molecule has 0 amide bonds. The summed E-state index contributed by atoms with van der Waals surface area (Å²) >= 11 is 0. The molecular formula is C11H24O4Si2. The standard InChI is InChI=1S/C11H24O4Si2/c1-9(2,7(12)14-16)11(5,6)10(3,4)8(13)15-17/h1-6,16-17H3. The molecule has 0 unspecified atom stereocenters. The fourth-order valence-electron chi connectivity index (χ4n) is 1.80. The minimum atomic E-state index is -0.742. The van der Waals surface area contributed by atoms with Gasteiger partial charge in [0.15, 0.2) is 0 Å². The highest BCUT2D eigenvalue weighted by Crippen LogP contribution is 2.52. The third-order valence-corrected chi connectivity index (χ3v) is 5.26. The Hall–Kier alpha value is -0.626. The molecule has 0 spiro atoms. The average Bonchev–Trinajstić information content (AvgIpc) is 2.25. The minimum Gasteiger partial charge on any atom is -0.528 e. The summed E-state index contributed by atoms with van der Waals surface area (Å²) in [5, 5.41) is 0. The summed E-state index contributed by atoms with van der Waals surface area (Å²) in [6, 6.07) is 0. The van der Waals surface area contributed by atoms with Crippen LogP contribution in [0.4, 0.5) is 0 Å². The molecule has 4 nitrogen and oxygen atoms in total. The van der Waals surface area contributed by atoms with E-state index in [2.05, 4.69) is 0 Å². The van der Waals surface area contributed by atoms with Gasteiger partial charge in [0.2, 0.25) is 21.0 Å². The molecule has 0 saturated heterocycles. The fraction of sp³-hybridized carbons (Fsp3) is 0.818. The SMILES string of the molecule is CC(C)(C(=O)O[SiH3])C(C)(C)C(C)(C)C(=O)O[SiH3]. The summed E-state index contributed by atoms with van der Waals surface area (Å²) in [5.41, 5.74) is -2.05. The van der Waals surface area contributed by atoms with Crippen LogP contribution in [0.2, 0.25) is 0 Å². The van der Waals surface area contributed by atoms with Crippen LogP contribution in [0.5, 0.6) is 0 Å². The molecule has 0 rings (SSSR count). The summed E-state index contributed by atoms with van der Waals surface area (Å²) in [5.74, 6) is -0.522. The van der Waals surface area contributed by atoms with Crippen molar-refractivity contribution in [3.63, 3.8) is 0 Å². The topological polar surface area (TPSA) is 52.6 Å². The third kappa shape index (κ3) is 2.47. The first-order chi connectivity index (χ1) is 7.46. The fourth-order valence-corrected chi connectivity index (χ4v) is 2.82. The van der Waals surface area contributed by atoms with E-state index in [0.29, 0.717) is 21.0 Å². The number of rotatable bonds is 4. The lowest BCUT2D eigenvalue weighted by molar-refractivity contribution is -0.167. The third-order valence-electron chi connectivity index (χ3n) is 4.52. The first-order valence-electron chi connectivity index (χ1n) is 5.63. The largest absolute Gasteiger partial charge is 0.528 e. The van der Waals surface area contributed by atoms with E-state index in [-0.39, 0.29) is 11.9 Å². The molecule has 0 aromatic carbocycles. The van der Waals surface area contributed by atoms with Gasteiger partial charge in [-0.1, -0.05) is 13.8 Å². The molecule has 0 N–H and O–H groups in total. The second kappa shape index (κ2) is 4.93. The predicted octanol–water partition coefficient (Wildman–Crippen LogP) is -0.288. The van der Waals surface area contributed by atoms with Gasteiger partial charge in [-0.05, 0) is 33.1 Å². The Balaban J connectivity index is 5.54. The molecule has 0 radical (unpaired) electrons. The molecule has 0 aliphatic carbocycles. The van der Waals surface area contributed by atoms with E-state index in [9.17, 15) is 9.59 Å². The van der Waals surface area contributed by atoms with Gasteiger partial charge in [0.25, 0.3) is 11.9 Å². The lowest BCUT2D eigenvalue weighted by Gasteiger charge is -2.48. The Kier molecular flexibility index (Phi) is 4.75. The van der Waals surface area contributed by atoms with Crippen molar-refractivity contribution in [2.24, 2.45) is 16.2 Å². The van der Waals surface area contributed by atoms with Crippen molar-refractivity contribution in [1.29, 1.82) is 0 Å². The molecule has 0 heterocycles. The van der Waals surface area contributed by atoms with Crippen LogP contribution in [-0.2, 0) is 18.4 Å². The van der Waals surface area contributed by atoms with Gasteiger partial charge in [0.1, 0.15) is 0 Å². The quantitative estimate of drug-likeness (QED) is 0.662. The molecular weight excluding hydrogens is 252 g/mol. The van der Waals surface area contributed by atoms with Crippen LogP contribution >= 0.6 is 0 Å². The van der Waals surface area contributed by atoms with E-state index >= 15 is 0 Å². The summed E-state index contributed by atoms with van der Waals surface area (Å²) in [4.78, 5) is 23.8. The van der Waals surface area contributed by atoms with Crippen LogP contribution in [0, 0.1) is 16.2 Å².